The summed E-state index contributed by atoms with van der Waals surface area (Å²) in [7, 11) is -3.81. The molecule has 0 saturated heterocycles. The molecule has 3 rings (SSSR count). The zero-order valence-electron chi connectivity index (χ0n) is 12.1. The first-order valence-electron chi connectivity index (χ1n) is 6.78. The third kappa shape index (κ3) is 3.61. The Bertz CT molecular complexity index is 958. The highest BCUT2D eigenvalue weighted by Gasteiger charge is 2.18. The minimum Gasteiger partial charge on any atom is -0.419 e. The summed E-state index contributed by atoms with van der Waals surface area (Å²) in [6, 6.07) is 11.6. The molecule has 1 aromatic heterocycles. The third-order valence-corrected chi connectivity index (χ3v) is 5.00. The number of hydrogen-bond acceptors (Lipinski definition) is 5. The van der Waals surface area contributed by atoms with Crippen LogP contribution in [0.1, 0.15) is 5.89 Å². The van der Waals surface area contributed by atoms with E-state index in [1.807, 2.05) is 0 Å². The Labute approximate surface area is 142 Å². The average Bonchev–Trinajstić information content (AvgIpc) is 3.03. The summed E-state index contributed by atoms with van der Waals surface area (Å²) >= 11 is 5.89. The van der Waals surface area contributed by atoms with Gasteiger partial charge in [-0.25, -0.2) is 17.5 Å². The topological polar surface area (TPSA) is 85.1 Å². The number of aromatic nitrogens is 2. The molecule has 24 heavy (non-hydrogen) atoms. The van der Waals surface area contributed by atoms with Gasteiger partial charge in [0.05, 0.1) is 11.6 Å². The molecule has 0 unspecified atom stereocenters. The summed E-state index contributed by atoms with van der Waals surface area (Å²) in [4.78, 5) is -0.0371. The van der Waals surface area contributed by atoms with E-state index in [1.165, 1.54) is 36.4 Å². The number of halogens is 2. The lowest BCUT2D eigenvalue weighted by atomic mass is 10.2. The van der Waals surface area contributed by atoms with Crippen molar-refractivity contribution in [3.05, 3.63) is 65.3 Å². The van der Waals surface area contributed by atoms with Crippen LogP contribution in [0.25, 0.3) is 11.5 Å². The highest BCUT2D eigenvalue weighted by molar-refractivity contribution is 7.89. The van der Waals surface area contributed by atoms with Gasteiger partial charge < -0.3 is 4.42 Å². The van der Waals surface area contributed by atoms with Crippen LogP contribution in [0.15, 0.2) is 57.8 Å². The van der Waals surface area contributed by atoms with Gasteiger partial charge in [-0.15, -0.1) is 10.2 Å². The lowest BCUT2D eigenvalue weighted by Gasteiger charge is -2.06. The summed E-state index contributed by atoms with van der Waals surface area (Å²) in [6.07, 6.45) is 0. The van der Waals surface area contributed by atoms with Gasteiger partial charge in [0.25, 0.3) is 0 Å². The fraction of sp³-hybridized carbons (Fsp3) is 0.0667. The van der Waals surface area contributed by atoms with Crippen molar-refractivity contribution in [3.8, 4) is 11.5 Å². The first-order chi connectivity index (χ1) is 11.5. The largest absolute Gasteiger partial charge is 0.419 e. The average molecular weight is 368 g/mol. The predicted octanol–water partition coefficient (Wildman–Crippen LogP) is 3.01. The van der Waals surface area contributed by atoms with Crippen LogP contribution in [-0.2, 0) is 16.6 Å². The Morgan fingerprint density at radius 2 is 1.79 bits per heavy atom. The number of benzene rings is 2. The summed E-state index contributed by atoms with van der Waals surface area (Å²) in [6.45, 7) is -0.193. The van der Waals surface area contributed by atoms with Crippen molar-refractivity contribution >= 4 is 21.6 Å². The van der Waals surface area contributed by atoms with Gasteiger partial charge >= 0.3 is 0 Å². The van der Waals surface area contributed by atoms with Crippen molar-refractivity contribution in [2.75, 3.05) is 0 Å². The number of nitrogens with zero attached hydrogens (tertiary/aromatic N) is 2. The highest BCUT2D eigenvalue weighted by atomic mass is 35.5. The Morgan fingerprint density at radius 3 is 2.50 bits per heavy atom. The third-order valence-electron chi connectivity index (χ3n) is 3.10. The van der Waals surface area contributed by atoms with E-state index in [2.05, 4.69) is 14.9 Å². The van der Waals surface area contributed by atoms with Crippen molar-refractivity contribution in [3.63, 3.8) is 0 Å². The maximum absolute atomic E-state index is 12.9. The molecule has 0 fully saturated rings. The van der Waals surface area contributed by atoms with Gasteiger partial charge in [-0.3, -0.25) is 0 Å². The molecule has 0 amide bonds. The fourth-order valence-corrected chi connectivity index (χ4v) is 3.42. The Balaban J connectivity index is 1.74. The predicted molar refractivity (Wildman–Crippen MR) is 85.2 cm³/mol. The second kappa shape index (κ2) is 6.68. The second-order valence-electron chi connectivity index (χ2n) is 4.76. The van der Waals surface area contributed by atoms with Gasteiger partial charge in [0, 0.05) is 5.56 Å². The van der Waals surface area contributed by atoms with Crippen molar-refractivity contribution in [1.82, 2.24) is 14.9 Å². The maximum atomic E-state index is 12.9. The summed E-state index contributed by atoms with van der Waals surface area (Å²) < 4.78 is 45.0. The van der Waals surface area contributed by atoms with Crippen molar-refractivity contribution < 1.29 is 17.2 Å². The highest BCUT2D eigenvalue weighted by Crippen LogP contribution is 2.21. The van der Waals surface area contributed by atoms with Crippen LogP contribution >= 0.6 is 11.6 Å². The molecule has 6 nitrogen and oxygen atoms in total. The van der Waals surface area contributed by atoms with E-state index in [0.717, 1.165) is 0 Å². The van der Waals surface area contributed by atoms with E-state index in [-0.39, 0.29) is 34.1 Å². The second-order valence-corrected chi connectivity index (χ2v) is 6.91. The Hall–Kier alpha value is -2.29. The molecule has 0 aliphatic carbocycles. The molecule has 3 aromatic rings. The molecule has 9 heteroatoms. The van der Waals surface area contributed by atoms with Crippen LogP contribution in [0.3, 0.4) is 0 Å². The van der Waals surface area contributed by atoms with E-state index in [0.29, 0.717) is 5.56 Å². The zero-order chi connectivity index (χ0) is 17.2. The van der Waals surface area contributed by atoms with E-state index >= 15 is 0 Å². The summed E-state index contributed by atoms with van der Waals surface area (Å²) in [5.41, 5.74) is 0.532. The minimum absolute atomic E-state index is 0.0371. The molecule has 0 spiro atoms. The molecule has 0 aliphatic heterocycles. The van der Waals surface area contributed by atoms with Gasteiger partial charge in [0.1, 0.15) is 10.7 Å². The van der Waals surface area contributed by atoms with Gasteiger partial charge in [0.15, 0.2) is 0 Å². The number of hydrogen-bond donors (Lipinski definition) is 1. The molecule has 2 aromatic carbocycles. The van der Waals surface area contributed by atoms with E-state index in [9.17, 15) is 12.8 Å². The van der Waals surface area contributed by atoms with Gasteiger partial charge in [-0.1, -0.05) is 23.7 Å². The SMILES string of the molecule is O=S(=O)(NCc1nnc(-c2ccc(F)cc2)o1)c1ccccc1Cl. The zero-order valence-corrected chi connectivity index (χ0v) is 13.7. The molecule has 0 aliphatic rings. The standard InChI is InChI=1S/C15H11ClFN3O3S/c16-12-3-1-2-4-13(12)24(21,22)18-9-14-19-20-15(23-14)10-5-7-11(17)8-6-10/h1-8,18H,9H2. The van der Waals surface area contributed by atoms with E-state index in [4.69, 9.17) is 16.0 Å². The minimum atomic E-state index is -3.81. The maximum Gasteiger partial charge on any atom is 0.247 e. The van der Waals surface area contributed by atoms with Crippen LogP contribution in [0, 0.1) is 5.82 Å². The van der Waals surface area contributed by atoms with Crippen molar-refractivity contribution in [1.29, 1.82) is 0 Å². The molecule has 1 heterocycles. The van der Waals surface area contributed by atoms with Gasteiger partial charge in [-0.2, -0.15) is 0 Å². The molecule has 0 atom stereocenters. The van der Waals surface area contributed by atoms with Crippen LogP contribution in [0.2, 0.25) is 5.02 Å². The lowest BCUT2D eigenvalue weighted by molar-refractivity contribution is 0.494. The Morgan fingerprint density at radius 1 is 1.08 bits per heavy atom. The van der Waals surface area contributed by atoms with Gasteiger partial charge in [-0.05, 0) is 36.4 Å². The molecule has 1 N–H and O–H groups in total. The normalized spacial score (nSPS) is 11.6. The summed E-state index contributed by atoms with van der Waals surface area (Å²) in [5, 5.41) is 7.68. The van der Waals surface area contributed by atoms with Crippen LogP contribution in [-0.4, -0.2) is 18.6 Å². The van der Waals surface area contributed by atoms with Crippen LogP contribution in [0.5, 0.6) is 0 Å². The molecule has 0 radical (unpaired) electrons. The van der Waals surface area contributed by atoms with Gasteiger partial charge in [0.2, 0.25) is 21.8 Å². The number of rotatable bonds is 5. The first kappa shape index (κ1) is 16.6. The first-order valence-corrected chi connectivity index (χ1v) is 8.64. The molecular weight excluding hydrogens is 357 g/mol. The Kier molecular flexibility index (Phi) is 4.61. The van der Waals surface area contributed by atoms with Crippen molar-refractivity contribution in [2.24, 2.45) is 0 Å². The van der Waals surface area contributed by atoms with E-state index in [1.54, 1.807) is 12.1 Å². The smallest absolute Gasteiger partial charge is 0.247 e. The quantitative estimate of drug-likeness (QED) is 0.749. The van der Waals surface area contributed by atoms with Crippen LogP contribution < -0.4 is 4.72 Å². The fourth-order valence-electron chi connectivity index (χ4n) is 1.93. The lowest BCUT2D eigenvalue weighted by Crippen LogP contribution is -2.23. The molecule has 0 saturated carbocycles. The number of sulfonamides is 1. The molecule has 0 bridgehead atoms. The monoisotopic (exact) mass is 367 g/mol. The van der Waals surface area contributed by atoms with Crippen LogP contribution in [0.4, 0.5) is 4.39 Å². The summed E-state index contributed by atoms with van der Waals surface area (Å²) in [5.74, 6) is -0.141. The van der Waals surface area contributed by atoms with E-state index < -0.39 is 10.0 Å². The molecule has 124 valence electrons. The van der Waals surface area contributed by atoms with Crippen molar-refractivity contribution in [2.45, 2.75) is 11.4 Å². The molecular formula is C15H11ClFN3O3S. The number of nitrogens with one attached hydrogen (secondary N) is 1.